The van der Waals surface area contributed by atoms with Gasteiger partial charge in [-0.05, 0) is 56.2 Å². The summed E-state index contributed by atoms with van der Waals surface area (Å²) < 4.78 is 67.2. The van der Waals surface area contributed by atoms with E-state index in [2.05, 4.69) is 5.32 Å². The fourth-order valence-corrected chi connectivity index (χ4v) is 3.23. The van der Waals surface area contributed by atoms with Crippen molar-refractivity contribution in [3.05, 3.63) is 59.7 Å². The lowest BCUT2D eigenvalue weighted by Crippen LogP contribution is -2.40. The Hall–Kier alpha value is -2.75. The molecule has 0 fully saturated rings. The summed E-state index contributed by atoms with van der Waals surface area (Å²) >= 11 is 0. The number of alkyl halides is 3. The first-order valence-electron chi connectivity index (χ1n) is 9.71. The molecule has 0 saturated heterocycles. The average Bonchev–Trinajstić information content (AvgIpc) is 2.71. The van der Waals surface area contributed by atoms with Crippen LogP contribution in [0.3, 0.4) is 0 Å². The number of urea groups is 1. The quantitative estimate of drug-likeness (QED) is 0.547. The minimum absolute atomic E-state index is 0.0271. The van der Waals surface area contributed by atoms with Gasteiger partial charge >= 0.3 is 22.3 Å². The van der Waals surface area contributed by atoms with Crippen molar-refractivity contribution in [2.24, 2.45) is 0 Å². The van der Waals surface area contributed by atoms with E-state index in [9.17, 15) is 26.4 Å². The number of rotatable bonds is 8. The highest BCUT2D eigenvalue weighted by molar-refractivity contribution is 7.87. The van der Waals surface area contributed by atoms with Crippen LogP contribution in [0.2, 0.25) is 0 Å². The van der Waals surface area contributed by atoms with Gasteiger partial charge in [-0.2, -0.15) is 21.6 Å². The lowest BCUT2D eigenvalue weighted by molar-refractivity contribution is -0.137. The van der Waals surface area contributed by atoms with Crippen molar-refractivity contribution in [3.8, 4) is 5.75 Å². The van der Waals surface area contributed by atoms with Gasteiger partial charge in [-0.1, -0.05) is 25.1 Å². The van der Waals surface area contributed by atoms with Gasteiger partial charge in [-0.3, -0.25) is 0 Å². The van der Waals surface area contributed by atoms with E-state index >= 15 is 0 Å². The summed E-state index contributed by atoms with van der Waals surface area (Å²) in [6.07, 6.45) is -3.91. The van der Waals surface area contributed by atoms with Gasteiger partial charge in [0, 0.05) is 18.3 Å². The number of carbonyl (C=O) groups excluding carboxylic acids is 1. The Bertz CT molecular complexity index is 1010. The molecule has 0 aliphatic heterocycles. The Morgan fingerprint density at radius 2 is 1.81 bits per heavy atom. The number of anilines is 1. The van der Waals surface area contributed by atoms with E-state index < -0.39 is 27.9 Å². The molecule has 0 heterocycles. The van der Waals surface area contributed by atoms with E-state index in [1.165, 1.54) is 36.1 Å². The highest BCUT2D eigenvalue weighted by Gasteiger charge is 2.30. The Morgan fingerprint density at radius 1 is 1.13 bits per heavy atom. The lowest BCUT2D eigenvalue weighted by atomic mass is 10.1. The molecule has 2 amide bonds. The molecule has 2 aromatic rings. The number of benzene rings is 2. The fourth-order valence-electron chi connectivity index (χ4n) is 2.71. The number of amides is 2. The van der Waals surface area contributed by atoms with E-state index in [1.54, 1.807) is 12.1 Å². The average molecular weight is 459 g/mol. The largest absolute Gasteiger partial charge is 0.416 e. The molecule has 0 saturated carbocycles. The van der Waals surface area contributed by atoms with E-state index in [0.717, 1.165) is 12.1 Å². The molecular formula is C21H25F3N2O4S. The Kier molecular flexibility index (Phi) is 7.94. The number of nitrogens with zero attached hydrogens (tertiary/aromatic N) is 1. The minimum Gasteiger partial charge on any atom is -0.382 e. The van der Waals surface area contributed by atoms with E-state index in [4.69, 9.17) is 4.18 Å². The molecule has 1 N–H and O–H groups in total. The van der Waals surface area contributed by atoms with E-state index in [0.29, 0.717) is 12.0 Å². The number of nitrogens with one attached hydrogen (secondary N) is 1. The Balaban J connectivity index is 2.22. The van der Waals surface area contributed by atoms with Crippen molar-refractivity contribution in [2.45, 2.75) is 46.0 Å². The van der Waals surface area contributed by atoms with Gasteiger partial charge in [-0.25, -0.2) is 4.79 Å². The molecule has 0 aliphatic carbocycles. The second-order valence-corrected chi connectivity index (χ2v) is 8.83. The first-order valence-corrected chi connectivity index (χ1v) is 11.3. The molecule has 0 bridgehead atoms. The summed E-state index contributed by atoms with van der Waals surface area (Å²) in [5.74, 6) is -0.0583. The smallest absolute Gasteiger partial charge is 0.382 e. The van der Waals surface area contributed by atoms with Crippen molar-refractivity contribution >= 4 is 21.8 Å². The number of carbonyl (C=O) groups is 1. The van der Waals surface area contributed by atoms with Crippen LogP contribution in [0.15, 0.2) is 48.5 Å². The molecule has 6 nitrogen and oxygen atoms in total. The Morgan fingerprint density at radius 3 is 2.42 bits per heavy atom. The van der Waals surface area contributed by atoms with Crippen LogP contribution in [0.4, 0.5) is 23.7 Å². The molecule has 0 radical (unpaired) electrons. The monoisotopic (exact) mass is 458 g/mol. The molecule has 1 unspecified atom stereocenters. The SMILES string of the molecule is CCC(C)N(Cc1cccc(OS(=O)(=O)CC)c1)C(=O)Nc1cccc(C(F)(F)F)c1. The van der Waals surface area contributed by atoms with Gasteiger partial charge in [0.2, 0.25) is 0 Å². The fraction of sp³-hybridized carbons (Fsp3) is 0.381. The predicted molar refractivity (Wildman–Crippen MR) is 112 cm³/mol. The van der Waals surface area contributed by atoms with Crippen molar-refractivity contribution in [2.75, 3.05) is 11.1 Å². The Labute approximate surface area is 180 Å². The highest BCUT2D eigenvalue weighted by atomic mass is 32.2. The first kappa shape index (κ1) is 24.5. The molecular weight excluding hydrogens is 433 g/mol. The topological polar surface area (TPSA) is 75.7 Å². The molecule has 0 aliphatic rings. The van der Waals surface area contributed by atoms with Gasteiger partial charge in [0.25, 0.3) is 0 Å². The zero-order chi connectivity index (χ0) is 23.2. The van der Waals surface area contributed by atoms with Crippen LogP contribution >= 0.6 is 0 Å². The maximum Gasteiger partial charge on any atom is 0.416 e. The van der Waals surface area contributed by atoms with Crippen molar-refractivity contribution in [3.63, 3.8) is 0 Å². The number of halogens is 3. The zero-order valence-corrected chi connectivity index (χ0v) is 18.3. The molecule has 1 atom stereocenters. The summed E-state index contributed by atoms with van der Waals surface area (Å²) in [6, 6.07) is 9.93. The molecule has 10 heteroatoms. The van der Waals surface area contributed by atoms with E-state index in [1.807, 2.05) is 13.8 Å². The minimum atomic E-state index is -4.52. The third kappa shape index (κ3) is 7.16. The van der Waals surface area contributed by atoms with Crippen LogP contribution < -0.4 is 9.50 Å². The van der Waals surface area contributed by atoms with Gasteiger partial charge in [0.1, 0.15) is 5.75 Å². The third-order valence-corrected chi connectivity index (χ3v) is 5.81. The molecule has 2 aromatic carbocycles. The van der Waals surface area contributed by atoms with Crippen LogP contribution in [-0.4, -0.2) is 31.1 Å². The maximum atomic E-state index is 12.9. The van der Waals surface area contributed by atoms with Crippen molar-refractivity contribution in [1.29, 1.82) is 0 Å². The standard InChI is InChI=1S/C21H25F3N2O4S/c1-4-15(3)26(14-16-8-6-11-19(12-16)30-31(28,29)5-2)20(27)25-18-10-7-9-17(13-18)21(22,23)24/h6-13,15H,4-5,14H2,1-3H3,(H,25,27). The van der Waals surface area contributed by atoms with Crippen molar-refractivity contribution < 1.29 is 30.6 Å². The van der Waals surface area contributed by atoms with Crippen LogP contribution in [0.5, 0.6) is 5.75 Å². The summed E-state index contributed by atoms with van der Waals surface area (Å²) in [5, 5.41) is 2.51. The van der Waals surface area contributed by atoms with Crippen LogP contribution in [0.1, 0.15) is 38.3 Å². The first-order chi connectivity index (χ1) is 14.4. The molecule has 31 heavy (non-hydrogen) atoms. The predicted octanol–water partition coefficient (Wildman–Crippen LogP) is 5.27. The molecule has 0 spiro atoms. The van der Waals surface area contributed by atoms with Gasteiger partial charge in [-0.15, -0.1) is 0 Å². The van der Waals surface area contributed by atoms with Crippen LogP contribution in [0, 0.1) is 0 Å². The second-order valence-electron chi connectivity index (χ2n) is 6.97. The van der Waals surface area contributed by atoms with Crippen LogP contribution in [-0.2, 0) is 22.8 Å². The highest BCUT2D eigenvalue weighted by Crippen LogP contribution is 2.31. The third-order valence-electron chi connectivity index (χ3n) is 4.65. The maximum absolute atomic E-state index is 12.9. The van der Waals surface area contributed by atoms with Gasteiger partial charge in [0.15, 0.2) is 0 Å². The van der Waals surface area contributed by atoms with E-state index in [-0.39, 0.29) is 29.8 Å². The summed E-state index contributed by atoms with van der Waals surface area (Å²) in [5.41, 5.74) is -0.218. The second kappa shape index (κ2) is 10.0. The summed E-state index contributed by atoms with van der Waals surface area (Å²) in [6.45, 7) is 5.27. The summed E-state index contributed by atoms with van der Waals surface area (Å²) in [7, 11) is -3.70. The zero-order valence-electron chi connectivity index (χ0n) is 17.4. The molecule has 170 valence electrons. The van der Waals surface area contributed by atoms with Gasteiger partial charge < -0.3 is 14.4 Å². The van der Waals surface area contributed by atoms with Crippen molar-refractivity contribution in [1.82, 2.24) is 4.90 Å². The lowest BCUT2D eigenvalue weighted by Gasteiger charge is -2.29. The molecule has 2 rings (SSSR count). The number of hydrogen-bond donors (Lipinski definition) is 1. The molecule has 0 aromatic heterocycles. The number of hydrogen-bond acceptors (Lipinski definition) is 4. The summed E-state index contributed by atoms with van der Waals surface area (Å²) in [4.78, 5) is 14.3. The normalized spacial score (nSPS) is 12.8. The van der Waals surface area contributed by atoms with Gasteiger partial charge in [0.05, 0.1) is 11.3 Å². The van der Waals surface area contributed by atoms with Crippen LogP contribution in [0.25, 0.3) is 0 Å².